The number of carbonyl (C=O) groups is 1. The average molecular weight is 651 g/mol. The van der Waals surface area contributed by atoms with Crippen LogP contribution in [0.1, 0.15) is 88.8 Å². The first-order valence-electron chi connectivity index (χ1n) is 16.7. The van der Waals surface area contributed by atoms with E-state index in [1.807, 2.05) is 31.2 Å². The van der Waals surface area contributed by atoms with E-state index >= 15 is 0 Å². The summed E-state index contributed by atoms with van der Waals surface area (Å²) in [5, 5.41) is 0. The van der Waals surface area contributed by atoms with Crippen LogP contribution in [0.5, 0.6) is 11.5 Å². The van der Waals surface area contributed by atoms with Gasteiger partial charge in [-0.1, -0.05) is 86.6 Å². The van der Waals surface area contributed by atoms with Gasteiger partial charge in [0.1, 0.15) is 18.5 Å². The van der Waals surface area contributed by atoms with Crippen LogP contribution in [-0.4, -0.2) is 57.0 Å². The van der Waals surface area contributed by atoms with Gasteiger partial charge in [-0.15, -0.1) is 0 Å². The van der Waals surface area contributed by atoms with Gasteiger partial charge in [-0.3, -0.25) is 0 Å². The number of benzene rings is 4. The first kappa shape index (κ1) is 36.3. The number of nitrogens with zero attached hydrogens (tertiary/aromatic N) is 1. The van der Waals surface area contributed by atoms with Crippen molar-refractivity contribution < 1.29 is 28.3 Å². The fraction of sp³-hybridized carbons (Fsp3) is 0.381. The van der Waals surface area contributed by atoms with E-state index in [2.05, 4.69) is 101 Å². The summed E-state index contributed by atoms with van der Waals surface area (Å²) >= 11 is 0. The second-order valence-electron chi connectivity index (χ2n) is 13.5. The van der Waals surface area contributed by atoms with Crippen LogP contribution in [0, 0.1) is 13.8 Å². The van der Waals surface area contributed by atoms with Gasteiger partial charge >= 0.3 is 11.9 Å². The summed E-state index contributed by atoms with van der Waals surface area (Å²) in [7, 11) is 6.85. The van der Waals surface area contributed by atoms with Crippen molar-refractivity contribution in [2.75, 3.05) is 35.0 Å². The van der Waals surface area contributed by atoms with E-state index in [0.717, 1.165) is 46.7 Å². The number of hydrogen-bond acceptors (Lipinski definition) is 5. The standard InChI is InChI=1S/C23H30NO2.C19H22O3/c1-16(12-18-10-8-7-9-11-18)19-13-17(2)21(25-6)14-20(19)22-24(5)23(3,4)15-26-22;1-13(10-15-8-6-5-7-9-15)16-11-14(2)18(21-3)12-17(16)19(20)22-4/h7-11,13-14,16H,12,15H2,1-6H3;5-9,11-13H,10H2,1-4H3/q+1;. The summed E-state index contributed by atoms with van der Waals surface area (Å²) in [6.45, 7) is 13.6. The number of carbonyl (C=O) groups excluding carboxylic acids is 1. The Morgan fingerprint density at radius 1 is 0.771 bits per heavy atom. The fourth-order valence-electron chi connectivity index (χ4n) is 6.28. The zero-order valence-electron chi connectivity index (χ0n) is 30.3. The minimum absolute atomic E-state index is 0.00655. The molecule has 2 unspecified atom stereocenters. The van der Waals surface area contributed by atoms with Gasteiger partial charge in [-0.2, -0.15) is 4.58 Å². The molecule has 4 aromatic rings. The molecule has 0 spiro atoms. The Bertz CT molecular complexity index is 1730. The highest BCUT2D eigenvalue weighted by atomic mass is 16.5. The molecule has 6 heteroatoms. The lowest BCUT2D eigenvalue weighted by molar-refractivity contribution is -0.562. The highest BCUT2D eigenvalue weighted by Gasteiger charge is 2.41. The molecule has 0 saturated carbocycles. The average Bonchev–Trinajstić information content (AvgIpc) is 3.36. The van der Waals surface area contributed by atoms with Gasteiger partial charge in [0, 0.05) is 13.8 Å². The minimum Gasteiger partial charge on any atom is -0.496 e. The van der Waals surface area contributed by atoms with Gasteiger partial charge < -0.3 is 18.9 Å². The third-order valence-corrected chi connectivity index (χ3v) is 9.38. The van der Waals surface area contributed by atoms with E-state index in [1.165, 1.54) is 23.8 Å². The lowest BCUT2D eigenvalue weighted by Gasteiger charge is -2.18. The molecule has 4 aromatic carbocycles. The Balaban J connectivity index is 0.000000220. The summed E-state index contributed by atoms with van der Waals surface area (Å²) in [6, 6.07) is 29.1. The van der Waals surface area contributed by atoms with Crippen LogP contribution in [0.4, 0.5) is 0 Å². The zero-order valence-corrected chi connectivity index (χ0v) is 30.3. The van der Waals surface area contributed by atoms with E-state index in [-0.39, 0.29) is 17.4 Å². The van der Waals surface area contributed by atoms with Crippen LogP contribution in [0.2, 0.25) is 0 Å². The van der Waals surface area contributed by atoms with Crippen molar-refractivity contribution in [3.8, 4) is 11.5 Å². The van der Waals surface area contributed by atoms with Gasteiger partial charge in [0.05, 0.1) is 32.5 Å². The molecular weight excluding hydrogens is 598 g/mol. The van der Waals surface area contributed by atoms with Crippen LogP contribution >= 0.6 is 0 Å². The maximum atomic E-state index is 12.1. The highest BCUT2D eigenvalue weighted by molar-refractivity contribution is 5.94. The Kier molecular flexibility index (Phi) is 12.1. The van der Waals surface area contributed by atoms with Gasteiger partial charge in [0.25, 0.3) is 0 Å². The molecule has 1 heterocycles. The molecule has 5 rings (SSSR count). The number of hydrogen-bond donors (Lipinski definition) is 0. The van der Waals surface area contributed by atoms with E-state index in [9.17, 15) is 4.79 Å². The van der Waals surface area contributed by atoms with Crippen molar-refractivity contribution in [2.45, 2.75) is 71.8 Å². The lowest BCUT2D eigenvalue weighted by Crippen LogP contribution is -2.33. The van der Waals surface area contributed by atoms with E-state index in [0.29, 0.717) is 23.8 Å². The Morgan fingerprint density at radius 3 is 1.71 bits per heavy atom. The van der Waals surface area contributed by atoms with Crippen molar-refractivity contribution in [1.29, 1.82) is 0 Å². The maximum Gasteiger partial charge on any atom is 0.370 e. The van der Waals surface area contributed by atoms with E-state index in [4.69, 9.17) is 18.9 Å². The first-order chi connectivity index (χ1) is 22.9. The molecule has 0 fully saturated rings. The van der Waals surface area contributed by atoms with E-state index in [1.54, 1.807) is 20.3 Å². The topological polar surface area (TPSA) is 57.0 Å². The number of aryl methyl sites for hydroxylation is 2. The molecule has 6 nitrogen and oxygen atoms in total. The van der Waals surface area contributed by atoms with E-state index < -0.39 is 0 Å². The quantitative estimate of drug-likeness (QED) is 0.127. The summed E-state index contributed by atoms with van der Waals surface area (Å²) in [4.78, 5) is 12.1. The smallest absolute Gasteiger partial charge is 0.370 e. The lowest BCUT2D eigenvalue weighted by atomic mass is 9.88. The Hall–Kier alpha value is -4.58. The third-order valence-electron chi connectivity index (χ3n) is 9.38. The molecule has 0 bridgehead atoms. The molecule has 0 radical (unpaired) electrons. The number of likely N-dealkylation sites (N-methyl/N-ethyl adjacent to an activating group) is 1. The van der Waals surface area contributed by atoms with Crippen molar-refractivity contribution in [3.63, 3.8) is 0 Å². The second-order valence-corrected chi connectivity index (χ2v) is 13.5. The summed E-state index contributed by atoms with van der Waals surface area (Å²) in [5.74, 6) is 2.82. The SMILES string of the molecule is COC(=O)c1cc(OC)c(C)cc1C(C)Cc1ccccc1.COc1cc(C2=[N+](C)C(C)(C)CO2)c(C(C)Cc2ccccc2)cc1C. The van der Waals surface area contributed by atoms with Crippen molar-refractivity contribution in [1.82, 2.24) is 0 Å². The Morgan fingerprint density at radius 2 is 1.25 bits per heavy atom. The van der Waals surface area contributed by atoms with Crippen LogP contribution in [0.3, 0.4) is 0 Å². The van der Waals surface area contributed by atoms with Crippen molar-refractivity contribution >= 4 is 11.9 Å². The molecule has 254 valence electrons. The summed E-state index contributed by atoms with van der Waals surface area (Å²) in [5.41, 5.74) is 8.80. The van der Waals surface area contributed by atoms with Gasteiger partial charge in [0.15, 0.2) is 12.1 Å². The first-order valence-corrected chi connectivity index (χ1v) is 16.7. The number of methoxy groups -OCH3 is 3. The van der Waals surface area contributed by atoms with Crippen LogP contribution in [0.25, 0.3) is 0 Å². The van der Waals surface area contributed by atoms with Gasteiger partial charge in [0.2, 0.25) is 0 Å². The predicted molar refractivity (Wildman–Crippen MR) is 194 cm³/mol. The van der Waals surface area contributed by atoms with Gasteiger partial charge in [-0.25, -0.2) is 4.79 Å². The molecule has 0 aromatic heterocycles. The molecule has 0 amide bonds. The molecule has 0 N–H and O–H groups in total. The molecular formula is C42H52NO5+. The van der Waals surface area contributed by atoms with Crippen molar-refractivity contribution in [3.05, 3.63) is 129 Å². The molecule has 2 atom stereocenters. The second kappa shape index (κ2) is 16.0. The number of rotatable bonds is 10. The van der Waals surface area contributed by atoms with Crippen LogP contribution in [-0.2, 0) is 22.3 Å². The van der Waals surface area contributed by atoms with Crippen LogP contribution in [0.15, 0.2) is 84.9 Å². The molecule has 1 aliphatic heterocycles. The fourth-order valence-corrected chi connectivity index (χ4v) is 6.28. The number of esters is 1. The minimum atomic E-state index is -0.326. The largest absolute Gasteiger partial charge is 0.496 e. The predicted octanol–water partition coefficient (Wildman–Crippen LogP) is 8.68. The monoisotopic (exact) mass is 650 g/mol. The zero-order chi connectivity index (χ0) is 35.0. The summed E-state index contributed by atoms with van der Waals surface area (Å²) in [6.07, 6.45) is 1.87. The Labute approximate surface area is 287 Å². The molecule has 0 saturated heterocycles. The van der Waals surface area contributed by atoms with Crippen molar-refractivity contribution in [2.24, 2.45) is 0 Å². The normalized spacial score (nSPS) is 14.7. The molecule has 48 heavy (non-hydrogen) atoms. The molecule has 1 aliphatic rings. The third kappa shape index (κ3) is 8.46. The van der Waals surface area contributed by atoms with Crippen LogP contribution < -0.4 is 9.47 Å². The number of ether oxygens (including phenoxy) is 4. The maximum absolute atomic E-state index is 12.1. The molecule has 0 aliphatic carbocycles. The summed E-state index contributed by atoms with van der Waals surface area (Å²) < 4.78 is 24.2. The highest BCUT2D eigenvalue weighted by Crippen LogP contribution is 2.33. The van der Waals surface area contributed by atoms with Gasteiger partial charge in [-0.05, 0) is 84.0 Å².